The molecule has 0 aliphatic rings. The molecule has 0 radical (unpaired) electrons. The zero-order valence-corrected chi connectivity index (χ0v) is 15.4. The van der Waals surface area contributed by atoms with Crippen molar-refractivity contribution in [3.05, 3.63) is 52.1 Å². The maximum Gasteiger partial charge on any atom is 0.196 e. The molecule has 6 heteroatoms. The van der Waals surface area contributed by atoms with Crippen LogP contribution in [0.15, 0.2) is 29.2 Å². The van der Waals surface area contributed by atoms with E-state index in [9.17, 15) is 0 Å². The summed E-state index contributed by atoms with van der Waals surface area (Å²) in [4.78, 5) is 17.8. The lowest BCUT2D eigenvalue weighted by Crippen LogP contribution is -1.99. The molecule has 0 bridgehead atoms. The first-order chi connectivity index (χ1) is 11.5. The highest BCUT2D eigenvalue weighted by Crippen LogP contribution is 2.28. The van der Waals surface area contributed by atoms with Crippen LogP contribution in [0.1, 0.15) is 72.8 Å². The van der Waals surface area contributed by atoms with Gasteiger partial charge in [-0.05, 0) is 6.42 Å². The molecule has 3 heterocycles. The van der Waals surface area contributed by atoms with Gasteiger partial charge < -0.3 is 9.40 Å². The zero-order valence-electron chi connectivity index (χ0n) is 14.6. The van der Waals surface area contributed by atoms with Crippen LogP contribution in [-0.4, -0.2) is 19.9 Å². The van der Waals surface area contributed by atoms with Crippen molar-refractivity contribution in [1.82, 2.24) is 19.9 Å². The van der Waals surface area contributed by atoms with E-state index in [0.29, 0.717) is 17.8 Å². The van der Waals surface area contributed by atoms with Crippen LogP contribution in [0, 0.1) is 0 Å². The second kappa shape index (κ2) is 7.30. The Morgan fingerprint density at radius 1 is 1.04 bits per heavy atom. The quantitative estimate of drug-likeness (QED) is 0.676. The smallest absolute Gasteiger partial charge is 0.196 e. The fraction of sp³-hybridized carbons (Fsp3) is 0.500. The van der Waals surface area contributed by atoms with E-state index >= 15 is 0 Å². The highest BCUT2D eigenvalue weighted by molar-refractivity contribution is 7.11. The minimum absolute atomic E-state index is 0.323. The monoisotopic (exact) mass is 344 g/mol. The van der Waals surface area contributed by atoms with Crippen molar-refractivity contribution in [2.24, 2.45) is 0 Å². The van der Waals surface area contributed by atoms with Gasteiger partial charge in [0.1, 0.15) is 11.6 Å². The SMILES string of the molecule is CC(C)c1ncc(CC(C)c2ncc(CC(C)c3ncc[nH]3)s2)o1. The Morgan fingerprint density at radius 2 is 1.88 bits per heavy atom. The highest BCUT2D eigenvalue weighted by atomic mass is 32.1. The number of H-pyrrole nitrogens is 1. The van der Waals surface area contributed by atoms with Gasteiger partial charge in [0.2, 0.25) is 0 Å². The molecule has 3 rings (SSSR count). The number of nitrogens with zero attached hydrogens (tertiary/aromatic N) is 3. The topological polar surface area (TPSA) is 67.6 Å². The molecule has 0 aliphatic heterocycles. The Labute approximate surface area is 146 Å². The molecule has 3 aromatic rings. The first kappa shape index (κ1) is 16.9. The Morgan fingerprint density at radius 3 is 2.54 bits per heavy atom. The summed E-state index contributed by atoms with van der Waals surface area (Å²) in [6.45, 7) is 8.55. The summed E-state index contributed by atoms with van der Waals surface area (Å²) in [5.74, 6) is 3.79. The summed E-state index contributed by atoms with van der Waals surface area (Å²) in [7, 11) is 0. The summed E-state index contributed by atoms with van der Waals surface area (Å²) in [6, 6.07) is 0. The molecular weight excluding hydrogens is 320 g/mol. The van der Waals surface area contributed by atoms with Crippen molar-refractivity contribution < 1.29 is 4.42 Å². The van der Waals surface area contributed by atoms with Crippen molar-refractivity contribution in [2.45, 2.75) is 58.3 Å². The van der Waals surface area contributed by atoms with Crippen LogP contribution in [0.4, 0.5) is 0 Å². The van der Waals surface area contributed by atoms with Gasteiger partial charge in [0.15, 0.2) is 5.89 Å². The number of rotatable bonds is 7. The lowest BCUT2D eigenvalue weighted by Gasteiger charge is -2.07. The predicted molar refractivity (Wildman–Crippen MR) is 95.5 cm³/mol. The van der Waals surface area contributed by atoms with Gasteiger partial charge in [-0.1, -0.05) is 27.7 Å². The molecule has 0 amide bonds. The fourth-order valence-corrected chi connectivity index (χ4v) is 3.76. The van der Waals surface area contributed by atoms with E-state index < -0.39 is 0 Å². The predicted octanol–water partition coefficient (Wildman–Crippen LogP) is 4.67. The lowest BCUT2D eigenvalue weighted by atomic mass is 10.1. The largest absolute Gasteiger partial charge is 0.445 e. The van der Waals surface area contributed by atoms with E-state index in [0.717, 1.165) is 35.3 Å². The standard InChI is InChI=1S/C18H24N4OS/c1-11(2)17-21-9-14(23-17)7-13(4)18-22-10-15(24-18)8-12(3)16-19-5-6-20-16/h5-6,9-13H,7-8H2,1-4H3,(H,19,20). The molecule has 0 saturated carbocycles. The van der Waals surface area contributed by atoms with Crippen LogP contribution < -0.4 is 0 Å². The molecule has 0 fully saturated rings. The van der Waals surface area contributed by atoms with Gasteiger partial charge in [0, 0.05) is 47.6 Å². The molecule has 0 aromatic carbocycles. The molecule has 3 aromatic heterocycles. The molecule has 2 unspecified atom stereocenters. The molecular formula is C18H24N4OS. The number of aromatic amines is 1. The summed E-state index contributed by atoms with van der Waals surface area (Å²) >= 11 is 1.78. The van der Waals surface area contributed by atoms with Crippen LogP contribution in [0.2, 0.25) is 0 Å². The van der Waals surface area contributed by atoms with Crippen molar-refractivity contribution in [3.8, 4) is 0 Å². The van der Waals surface area contributed by atoms with Crippen LogP contribution in [0.25, 0.3) is 0 Å². The Bertz CT molecular complexity index is 760. The van der Waals surface area contributed by atoms with E-state index in [4.69, 9.17) is 4.42 Å². The first-order valence-electron chi connectivity index (χ1n) is 8.41. The molecule has 2 atom stereocenters. The van der Waals surface area contributed by atoms with Gasteiger partial charge in [-0.25, -0.2) is 15.0 Å². The van der Waals surface area contributed by atoms with Crippen LogP contribution in [0.5, 0.6) is 0 Å². The minimum Gasteiger partial charge on any atom is -0.445 e. The molecule has 5 nitrogen and oxygen atoms in total. The number of oxazole rings is 1. The number of nitrogens with one attached hydrogen (secondary N) is 1. The molecule has 0 spiro atoms. The minimum atomic E-state index is 0.323. The zero-order chi connectivity index (χ0) is 17.1. The van der Waals surface area contributed by atoms with E-state index in [1.165, 1.54) is 4.88 Å². The van der Waals surface area contributed by atoms with E-state index in [1.807, 2.05) is 18.6 Å². The van der Waals surface area contributed by atoms with Gasteiger partial charge in [-0.2, -0.15) is 0 Å². The number of imidazole rings is 1. The van der Waals surface area contributed by atoms with E-state index in [-0.39, 0.29) is 0 Å². The summed E-state index contributed by atoms with van der Waals surface area (Å²) in [5.41, 5.74) is 0. The van der Waals surface area contributed by atoms with Crippen molar-refractivity contribution >= 4 is 11.3 Å². The third kappa shape index (κ3) is 3.93. The summed E-state index contributed by atoms with van der Waals surface area (Å²) in [6.07, 6.45) is 9.30. The normalized spacial score (nSPS) is 14.2. The average Bonchev–Trinajstić information content (AvgIpc) is 3.28. The number of hydrogen-bond donors (Lipinski definition) is 1. The van der Waals surface area contributed by atoms with Gasteiger partial charge in [0.05, 0.1) is 11.2 Å². The Kier molecular flexibility index (Phi) is 5.14. The van der Waals surface area contributed by atoms with E-state index in [1.54, 1.807) is 17.5 Å². The maximum atomic E-state index is 5.81. The second-order valence-electron chi connectivity index (χ2n) is 6.67. The van der Waals surface area contributed by atoms with Gasteiger partial charge in [-0.3, -0.25) is 0 Å². The van der Waals surface area contributed by atoms with E-state index in [2.05, 4.69) is 47.6 Å². The Balaban J connectivity index is 1.61. The summed E-state index contributed by atoms with van der Waals surface area (Å²) in [5, 5.41) is 1.15. The molecule has 128 valence electrons. The van der Waals surface area contributed by atoms with Crippen molar-refractivity contribution in [1.29, 1.82) is 0 Å². The van der Waals surface area contributed by atoms with Crippen molar-refractivity contribution in [3.63, 3.8) is 0 Å². The third-order valence-electron chi connectivity index (χ3n) is 4.06. The number of aromatic nitrogens is 4. The lowest BCUT2D eigenvalue weighted by molar-refractivity contribution is 0.427. The summed E-state index contributed by atoms with van der Waals surface area (Å²) < 4.78 is 5.81. The van der Waals surface area contributed by atoms with Gasteiger partial charge >= 0.3 is 0 Å². The average molecular weight is 344 g/mol. The third-order valence-corrected chi connectivity index (χ3v) is 5.31. The van der Waals surface area contributed by atoms with Gasteiger partial charge in [-0.15, -0.1) is 11.3 Å². The Hall–Kier alpha value is -1.95. The first-order valence-corrected chi connectivity index (χ1v) is 9.23. The fourth-order valence-electron chi connectivity index (χ4n) is 2.66. The van der Waals surface area contributed by atoms with Crippen LogP contribution >= 0.6 is 11.3 Å². The van der Waals surface area contributed by atoms with Crippen molar-refractivity contribution in [2.75, 3.05) is 0 Å². The second-order valence-corrected chi connectivity index (χ2v) is 7.82. The molecule has 24 heavy (non-hydrogen) atoms. The maximum absolute atomic E-state index is 5.81. The molecule has 0 aliphatic carbocycles. The van der Waals surface area contributed by atoms with Crippen LogP contribution in [0.3, 0.4) is 0 Å². The number of thiazole rings is 1. The highest BCUT2D eigenvalue weighted by Gasteiger charge is 2.17. The molecule has 0 saturated heterocycles. The molecule has 1 N–H and O–H groups in total. The van der Waals surface area contributed by atoms with Crippen LogP contribution in [-0.2, 0) is 12.8 Å². The van der Waals surface area contributed by atoms with Gasteiger partial charge in [0.25, 0.3) is 0 Å². The number of hydrogen-bond acceptors (Lipinski definition) is 5.